The van der Waals surface area contributed by atoms with Crippen LogP contribution in [-0.2, 0) is 10.1 Å². The van der Waals surface area contributed by atoms with E-state index in [9.17, 15) is 18.1 Å². The van der Waals surface area contributed by atoms with Gasteiger partial charge in [0.05, 0.1) is 0 Å². The van der Waals surface area contributed by atoms with E-state index in [1.807, 2.05) is 6.07 Å². The van der Waals surface area contributed by atoms with Gasteiger partial charge < -0.3 is 9.66 Å². The van der Waals surface area contributed by atoms with Crippen LogP contribution >= 0.6 is 0 Å². The second kappa shape index (κ2) is 5.43. The molecule has 0 amide bonds. The van der Waals surface area contributed by atoms with E-state index in [0.29, 0.717) is 0 Å². The fraction of sp³-hybridized carbons (Fsp3) is 0.333. The van der Waals surface area contributed by atoms with Crippen molar-refractivity contribution in [1.82, 2.24) is 0 Å². The molecular formula is C9H11NaO4S. The molecule has 78 valence electrons. The molecule has 0 saturated heterocycles. The Balaban J connectivity index is 0.00000196. The molecule has 0 radical (unpaired) electrons. The monoisotopic (exact) mass is 238 g/mol. The van der Waals surface area contributed by atoms with Crippen molar-refractivity contribution in [2.45, 2.75) is 19.3 Å². The van der Waals surface area contributed by atoms with Gasteiger partial charge in [0, 0.05) is 0 Å². The van der Waals surface area contributed by atoms with E-state index in [-0.39, 0.29) is 35.1 Å². The topological polar surface area (TPSA) is 77.4 Å². The summed E-state index contributed by atoms with van der Waals surface area (Å²) in [6.45, 7) is 3.53. The van der Waals surface area contributed by atoms with Crippen LogP contribution in [0.25, 0.3) is 0 Å². The summed E-state index contributed by atoms with van der Waals surface area (Å²) < 4.78 is 31.6. The van der Waals surface area contributed by atoms with Crippen LogP contribution in [0.1, 0.15) is 22.1 Å². The van der Waals surface area contributed by atoms with Crippen LogP contribution in [0.5, 0.6) is 0 Å². The van der Waals surface area contributed by atoms with Crippen molar-refractivity contribution >= 4 is 10.1 Å². The largest absolute Gasteiger partial charge is 1.00 e. The van der Waals surface area contributed by atoms with E-state index in [1.165, 1.54) is 12.1 Å². The van der Waals surface area contributed by atoms with Crippen LogP contribution in [0.2, 0.25) is 0 Å². The third-order valence-electron chi connectivity index (χ3n) is 1.80. The van der Waals surface area contributed by atoms with Crippen molar-refractivity contribution in [2.75, 3.05) is 0 Å². The smallest absolute Gasteiger partial charge is 0.746 e. The molecule has 0 fully saturated rings. The van der Waals surface area contributed by atoms with Gasteiger partial charge in [-0.05, 0) is 19.4 Å². The first-order chi connectivity index (χ1) is 6.30. The van der Waals surface area contributed by atoms with Gasteiger partial charge in [-0.25, -0.2) is 8.42 Å². The van der Waals surface area contributed by atoms with Crippen molar-refractivity contribution < 1.29 is 47.6 Å². The van der Waals surface area contributed by atoms with Crippen LogP contribution < -0.4 is 29.6 Å². The molecule has 0 spiro atoms. The van der Waals surface area contributed by atoms with Gasteiger partial charge in [0.2, 0.25) is 0 Å². The maximum atomic E-state index is 10.5. The second-order valence-corrected chi connectivity index (χ2v) is 4.70. The van der Waals surface area contributed by atoms with Crippen LogP contribution in [0, 0.1) is 13.8 Å². The normalized spacial score (nSPS) is 13.1. The number of aliphatic hydroxyl groups is 1. The van der Waals surface area contributed by atoms with Gasteiger partial charge >= 0.3 is 29.6 Å². The zero-order valence-electron chi connectivity index (χ0n) is 8.89. The van der Waals surface area contributed by atoms with E-state index < -0.39 is 15.6 Å². The van der Waals surface area contributed by atoms with Crippen LogP contribution in [0.3, 0.4) is 0 Å². The van der Waals surface area contributed by atoms with Gasteiger partial charge in [0.15, 0.2) is 5.44 Å². The van der Waals surface area contributed by atoms with Crippen molar-refractivity contribution in [2.24, 2.45) is 0 Å². The average Bonchev–Trinajstić information content (AvgIpc) is 1.99. The molecule has 0 heterocycles. The number of hydrogen-bond acceptors (Lipinski definition) is 4. The molecule has 0 aromatic heterocycles. The molecule has 1 rings (SSSR count). The molecule has 15 heavy (non-hydrogen) atoms. The van der Waals surface area contributed by atoms with E-state index in [0.717, 1.165) is 11.1 Å². The number of rotatable bonds is 2. The van der Waals surface area contributed by atoms with Crippen molar-refractivity contribution in [3.8, 4) is 0 Å². The Labute approximate surface area is 111 Å². The number of hydrogen-bond donors (Lipinski definition) is 1. The van der Waals surface area contributed by atoms with Gasteiger partial charge in [-0.3, -0.25) is 0 Å². The molecule has 6 heteroatoms. The Morgan fingerprint density at radius 1 is 1.20 bits per heavy atom. The third kappa shape index (κ3) is 4.22. The van der Waals surface area contributed by atoms with Gasteiger partial charge in [0.1, 0.15) is 10.1 Å². The van der Waals surface area contributed by atoms with E-state index in [4.69, 9.17) is 0 Å². The molecule has 1 N–H and O–H groups in total. The first-order valence-electron chi connectivity index (χ1n) is 4.01. The fourth-order valence-corrected chi connectivity index (χ4v) is 1.79. The van der Waals surface area contributed by atoms with Gasteiger partial charge in [-0.15, -0.1) is 0 Å². The standard InChI is InChI=1S/C9H12O4S.Na/c1-6-3-7(2)5-8(4-6)9(10)14(11,12)13;/h3-5,9-10H,1-2H3,(H,11,12,13);/q;+1/p-1. The zero-order valence-corrected chi connectivity index (χ0v) is 11.7. The van der Waals surface area contributed by atoms with Crippen LogP contribution in [-0.4, -0.2) is 18.1 Å². The quantitative estimate of drug-likeness (QED) is 0.470. The van der Waals surface area contributed by atoms with E-state index in [2.05, 4.69) is 0 Å². The molecule has 0 aliphatic rings. The average molecular weight is 238 g/mol. The number of aliphatic hydroxyl groups excluding tert-OH is 1. The maximum Gasteiger partial charge on any atom is 1.00 e. The van der Waals surface area contributed by atoms with Crippen molar-refractivity contribution in [3.63, 3.8) is 0 Å². The molecule has 1 aromatic rings. The molecular weight excluding hydrogens is 227 g/mol. The predicted molar refractivity (Wildman–Crippen MR) is 50.6 cm³/mol. The zero-order chi connectivity index (χ0) is 10.9. The molecule has 0 saturated carbocycles. The first-order valence-corrected chi connectivity index (χ1v) is 5.49. The summed E-state index contributed by atoms with van der Waals surface area (Å²) in [6.07, 6.45) is 0. The minimum Gasteiger partial charge on any atom is -0.746 e. The molecule has 4 nitrogen and oxygen atoms in total. The Morgan fingerprint density at radius 2 is 1.60 bits per heavy atom. The van der Waals surface area contributed by atoms with Gasteiger partial charge in [0.25, 0.3) is 0 Å². The fourth-order valence-electron chi connectivity index (χ4n) is 1.32. The third-order valence-corrected chi connectivity index (χ3v) is 2.62. The minimum atomic E-state index is -4.68. The summed E-state index contributed by atoms with van der Waals surface area (Å²) in [5.74, 6) is 0. The second-order valence-electron chi connectivity index (χ2n) is 3.27. The summed E-state index contributed by atoms with van der Waals surface area (Å²) in [7, 11) is -4.68. The Morgan fingerprint density at radius 3 is 1.93 bits per heavy atom. The van der Waals surface area contributed by atoms with E-state index >= 15 is 0 Å². The molecule has 0 aliphatic carbocycles. The SMILES string of the molecule is Cc1cc(C)cc(C(O)S(=O)(=O)[O-])c1.[Na+]. The first kappa shape index (κ1) is 15.1. The summed E-state index contributed by atoms with van der Waals surface area (Å²) in [5.41, 5.74) is -0.232. The van der Waals surface area contributed by atoms with E-state index in [1.54, 1.807) is 13.8 Å². The summed E-state index contributed by atoms with van der Waals surface area (Å²) in [4.78, 5) is 0. The summed E-state index contributed by atoms with van der Waals surface area (Å²) in [5, 5.41) is 9.21. The van der Waals surface area contributed by atoms with Gasteiger partial charge in [-0.2, -0.15) is 0 Å². The molecule has 0 aliphatic heterocycles. The molecule has 0 bridgehead atoms. The van der Waals surface area contributed by atoms with Crippen molar-refractivity contribution in [3.05, 3.63) is 34.9 Å². The number of benzene rings is 1. The summed E-state index contributed by atoms with van der Waals surface area (Å²) in [6, 6.07) is 4.79. The Hall–Kier alpha value is 0.0900. The summed E-state index contributed by atoms with van der Waals surface area (Å²) >= 11 is 0. The Kier molecular flexibility index (Phi) is 5.46. The molecule has 1 atom stereocenters. The van der Waals surface area contributed by atoms with Crippen LogP contribution in [0.4, 0.5) is 0 Å². The molecule has 1 unspecified atom stereocenters. The maximum absolute atomic E-state index is 10.5. The van der Waals surface area contributed by atoms with Crippen LogP contribution in [0.15, 0.2) is 18.2 Å². The van der Waals surface area contributed by atoms with Gasteiger partial charge in [-0.1, -0.05) is 29.3 Å². The number of aryl methyl sites for hydroxylation is 2. The Bertz CT molecular complexity index is 421. The minimum absolute atomic E-state index is 0. The molecule has 1 aromatic carbocycles. The predicted octanol–water partition coefficient (Wildman–Crippen LogP) is -2.16. The van der Waals surface area contributed by atoms with Crippen molar-refractivity contribution in [1.29, 1.82) is 0 Å².